The van der Waals surface area contributed by atoms with Crippen LogP contribution in [0.1, 0.15) is 84.8 Å². The van der Waals surface area contributed by atoms with Crippen LogP contribution >= 0.6 is 11.8 Å². The fourth-order valence-electron chi connectivity index (χ4n) is 8.67. The van der Waals surface area contributed by atoms with Crippen LogP contribution < -0.4 is 5.32 Å². The summed E-state index contributed by atoms with van der Waals surface area (Å²) < 4.78 is 0. The van der Waals surface area contributed by atoms with Gasteiger partial charge in [-0.25, -0.2) is 0 Å². The van der Waals surface area contributed by atoms with Crippen molar-refractivity contribution in [2.24, 2.45) is 23.2 Å². The number of hydrogen-bond donors (Lipinski definition) is 1. The number of carbonyl (C=O) groups excluding carboxylic acids is 3. The van der Waals surface area contributed by atoms with E-state index in [0.29, 0.717) is 23.9 Å². The largest absolute Gasteiger partial charge is 0.322 e. The predicted molar refractivity (Wildman–Crippen MR) is 147 cm³/mol. The molecule has 3 amide bonds. The summed E-state index contributed by atoms with van der Waals surface area (Å²) in [6, 6.07) is 14.4. The minimum atomic E-state index is -0.573. The molecule has 2 aromatic carbocycles. The lowest BCUT2D eigenvalue weighted by atomic mass is 9.72. The van der Waals surface area contributed by atoms with E-state index in [0.717, 1.165) is 34.0 Å². The highest BCUT2D eigenvalue weighted by Gasteiger charge is 2.56. The number of piperidine rings is 1. The summed E-state index contributed by atoms with van der Waals surface area (Å²) in [7, 11) is 0. The monoisotopic (exact) mass is 528 g/mol. The van der Waals surface area contributed by atoms with E-state index >= 15 is 0 Å². The van der Waals surface area contributed by atoms with Crippen molar-refractivity contribution < 1.29 is 14.4 Å². The summed E-state index contributed by atoms with van der Waals surface area (Å²) in [5, 5.41) is 2.38. The zero-order chi connectivity index (χ0) is 25.9. The van der Waals surface area contributed by atoms with Gasteiger partial charge in [-0.2, -0.15) is 0 Å². The van der Waals surface area contributed by atoms with Crippen molar-refractivity contribution >= 4 is 29.5 Å². The van der Waals surface area contributed by atoms with E-state index in [9.17, 15) is 14.4 Å². The van der Waals surface area contributed by atoms with E-state index in [1.807, 2.05) is 12.1 Å². The SMILES string of the molecule is O=C1CCC(N2Cc3c(SCc4ccc(CCCC56CC7CC(CC5C7)C6)cc4)cccc3C2=O)C(=O)N1. The summed E-state index contributed by atoms with van der Waals surface area (Å²) >= 11 is 1.75. The molecule has 6 aliphatic rings. The maximum absolute atomic E-state index is 13.1. The summed E-state index contributed by atoms with van der Waals surface area (Å²) in [5.41, 5.74) is 5.11. The number of thioether (sulfide) groups is 1. The molecule has 2 aliphatic heterocycles. The minimum Gasteiger partial charge on any atom is -0.322 e. The van der Waals surface area contributed by atoms with E-state index in [1.54, 1.807) is 16.7 Å². The minimum absolute atomic E-state index is 0.112. The molecule has 4 bridgehead atoms. The zero-order valence-electron chi connectivity index (χ0n) is 21.9. The maximum atomic E-state index is 13.1. The Morgan fingerprint density at radius 1 is 0.947 bits per heavy atom. The van der Waals surface area contributed by atoms with Gasteiger partial charge in [-0.05, 0) is 110 Å². The number of aryl methyl sites for hydroxylation is 1. The lowest BCUT2D eigenvalue weighted by molar-refractivity contribution is -0.136. The van der Waals surface area contributed by atoms with E-state index in [1.165, 1.54) is 62.5 Å². The van der Waals surface area contributed by atoms with Gasteiger partial charge in [0.2, 0.25) is 11.8 Å². The normalized spacial score (nSPS) is 31.3. The first kappa shape index (κ1) is 24.4. The molecular formula is C32H36N2O3S. The maximum Gasteiger partial charge on any atom is 0.255 e. The Morgan fingerprint density at radius 3 is 2.47 bits per heavy atom. The van der Waals surface area contributed by atoms with Crippen molar-refractivity contribution in [2.45, 2.75) is 87.4 Å². The number of hydrogen-bond acceptors (Lipinski definition) is 4. The van der Waals surface area contributed by atoms with Gasteiger partial charge in [-0.1, -0.05) is 30.3 Å². The van der Waals surface area contributed by atoms with Gasteiger partial charge in [0.1, 0.15) is 6.04 Å². The number of nitrogens with zero attached hydrogens (tertiary/aromatic N) is 1. The molecule has 4 saturated carbocycles. The van der Waals surface area contributed by atoms with Crippen LogP contribution in [-0.4, -0.2) is 28.7 Å². The third-order valence-electron chi connectivity index (χ3n) is 10.3. The van der Waals surface area contributed by atoms with Crippen molar-refractivity contribution in [1.29, 1.82) is 0 Å². The molecule has 5 nitrogen and oxygen atoms in total. The van der Waals surface area contributed by atoms with E-state index in [2.05, 4.69) is 35.6 Å². The third-order valence-corrected chi connectivity index (χ3v) is 11.4. The van der Waals surface area contributed by atoms with Gasteiger partial charge in [0.25, 0.3) is 5.91 Å². The Balaban J connectivity index is 0.947. The number of benzene rings is 2. The molecule has 4 aliphatic carbocycles. The number of carbonyl (C=O) groups is 3. The van der Waals surface area contributed by atoms with Gasteiger partial charge in [0.05, 0.1) is 0 Å². The van der Waals surface area contributed by atoms with Crippen LogP contribution in [-0.2, 0) is 28.3 Å². The summed E-state index contributed by atoms with van der Waals surface area (Å²) in [4.78, 5) is 39.7. The van der Waals surface area contributed by atoms with Crippen molar-refractivity contribution in [3.63, 3.8) is 0 Å². The van der Waals surface area contributed by atoms with E-state index in [4.69, 9.17) is 0 Å². The number of imide groups is 1. The molecule has 38 heavy (non-hydrogen) atoms. The fraction of sp³-hybridized carbons (Fsp3) is 0.531. The second-order valence-corrected chi connectivity index (χ2v) is 13.6. The van der Waals surface area contributed by atoms with E-state index in [-0.39, 0.29) is 24.1 Å². The molecule has 0 spiro atoms. The molecule has 0 aromatic heterocycles. The highest BCUT2D eigenvalue weighted by molar-refractivity contribution is 7.98. The average molecular weight is 529 g/mol. The second kappa shape index (κ2) is 9.55. The van der Waals surface area contributed by atoms with Crippen LogP contribution in [0.15, 0.2) is 47.4 Å². The van der Waals surface area contributed by atoms with Gasteiger partial charge >= 0.3 is 0 Å². The van der Waals surface area contributed by atoms with Gasteiger partial charge in [-0.3, -0.25) is 19.7 Å². The molecule has 3 atom stereocenters. The molecule has 6 heteroatoms. The van der Waals surface area contributed by atoms with Gasteiger partial charge in [0.15, 0.2) is 0 Å². The smallest absolute Gasteiger partial charge is 0.255 e. The molecule has 2 heterocycles. The first-order valence-corrected chi connectivity index (χ1v) is 15.4. The van der Waals surface area contributed by atoms with Crippen LogP contribution in [0.5, 0.6) is 0 Å². The van der Waals surface area contributed by atoms with Crippen LogP contribution in [0, 0.1) is 23.2 Å². The Morgan fingerprint density at radius 2 is 1.71 bits per heavy atom. The average Bonchev–Trinajstić information content (AvgIpc) is 3.45. The quantitative estimate of drug-likeness (QED) is 0.343. The molecule has 3 unspecified atom stereocenters. The number of nitrogens with one attached hydrogen (secondary N) is 1. The van der Waals surface area contributed by atoms with Gasteiger partial charge < -0.3 is 4.90 Å². The van der Waals surface area contributed by atoms with Crippen LogP contribution in [0.4, 0.5) is 0 Å². The highest BCUT2D eigenvalue weighted by Crippen LogP contribution is 2.67. The van der Waals surface area contributed by atoms with Crippen molar-refractivity contribution in [3.8, 4) is 0 Å². The third kappa shape index (κ3) is 4.29. The predicted octanol–water partition coefficient (Wildman–Crippen LogP) is 5.89. The van der Waals surface area contributed by atoms with Crippen LogP contribution in [0.2, 0.25) is 0 Å². The Kier molecular flexibility index (Phi) is 6.14. The van der Waals surface area contributed by atoms with Crippen LogP contribution in [0.3, 0.4) is 0 Å². The number of fused-ring (bicyclic) bond motifs is 1. The topological polar surface area (TPSA) is 66.5 Å². The van der Waals surface area contributed by atoms with Gasteiger partial charge in [0, 0.05) is 29.2 Å². The number of amides is 3. The molecule has 2 aromatic rings. The Bertz CT molecular complexity index is 1270. The molecule has 1 N–H and O–H groups in total. The molecule has 198 valence electrons. The fourth-order valence-corrected chi connectivity index (χ4v) is 9.71. The van der Waals surface area contributed by atoms with Crippen molar-refractivity contribution in [2.75, 3.05) is 0 Å². The molecule has 1 saturated heterocycles. The zero-order valence-corrected chi connectivity index (χ0v) is 22.7. The molecular weight excluding hydrogens is 492 g/mol. The summed E-state index contributed by atoms with van der Waals surface area (Å²) in [6.45, 7) is 0.423. The summed E-state index contributed by atoms with van der Waals surface area (Å²) in [5.74, 6) is 3.25. The number of rotatable bonds is 8. The molecule has 8 rings (SSSR count). The highest BCUT2D eigenvalue weighted by atomic mass is 32.2. The van der Waals surface area contributed by atoms with Crippen LogP contribution in [0.25, 0.3) is 0 Å². The molecule has 0 radical (unpaired) electrons. The Hall–Kier alpha value is -2.60. The van der Waals surface area contributed by atoms with E-state index < -0.39 is 6.04 Å². The lowest BCUT2D eigenvalue weighted by Crippen LogP contribution is -2.52. The first-order chi connectivity index (χ1) is 18.5. The molecule has 5 fully saturated rings. The first-order valence-electron chi connectivity index (χ1n) is 14.4. The lowest BCUT2D eigenvalue weighted by Gasteiger charge is -2.33. The summed E-state index contributed by atoms with van der Waals surface area (Å²) in [6.07, 6.45) is 12.2. The van der Waals surface area contributed by atoms with Crippen molar-refractivity contribution in [1.82, 2.24) is 10.2 Å². The standard InChI is InChI=1S/C32H36N2O3S/c35-29-11-10-27(30(36)33-29)34-18-26-25(31(34)37)4-1-5-28(26)38-19-21-8-6-20(7-9-21)3-2-12-32-16-22-13-23(17-32)15-24(32)14-22/h1,4-9,22-24,27H,2-3,10-19H2,(H,33,35,36). The second-order valence-electron chi connectivity index (χ2n) is 12.5. The van der Waals surface area contributed by atoms with Crippen molar-refractivity contribution in [3.05, 3.63) is 64.7 Å². The van der Waals surface area contributed by atoms with Gasteiger partial charge in [-0.15, -0.1) is 11.8 Å². The Labute approximate surface area is 229 Å².